The third-order valence-electron chi connectivity index (χ3n) is 5.01. The summed E-state index contributed by atoms with van der Waals surface area (Å²) in [4.78, 5) is 9.74. The quantitative estimate of drug-likeness (QED) is 0.382. The minimum Gasteiger partial charge on any atom is -0.399 e. The molecule has 1 heterocycles. The monoisotopic (exact) mass is 373 g/mol. The number of rotatable bonds is 3. The largest absolute Gasteiger partial charge is 0.399 e. The molecule has 0 amide bonds. The van der Waals surface area contributed by atoms with Crippen molar-refractivity contribution in [2.45, 2.75) is 0 Å². The molecule has 0 atom stereocenters. The van der Waals surface area contributed by atoms with Gasteiger partial charge in [-0.05, 0) is 29.3 Å². The van der Waals surface area contributed by atoms with E-state index in [9.17, 15) is 0 Å². The molecule has 0 radical (unpaired) electrons. The van der Waals surface area contributed by atoms with Crippen molar-refractivity contribution in [3.63, 3.8) is 0 Å². The summed E-state index contributed by atoms with van der Waals surface area (Å²) in [6, 6.07) is 34.6. The molecule has 0 saturated carbocycles. The van der Waals surface area contributed by atoms with Gasteiger partial charge >= 0.3 is 0 Å². The number of anilines is 1. The van der Waals surface area contributed by atoms with Crippen molar-refractivity contribution in [1.29, 1.82) is 0 Å². The van der Waals surface area contributed by atoms with Gasteiger partial charge in [-0.2, -0.15) is 0 Å². The number of nitrogens with zero attached hydrogens (tertiary/aromatic N) is 2. The van der Waals surface area contributed by atoms with Crippen molar-refractivity contribution in [3.8, 4) is 33.8 Å². The molecule has 138 valence electrons. The zero-order chi connectivity index (χ0) is 19.6. The molecule has 3 nitrogen and oxygen atoms in total. The van der Waals surface area contributed by atoms with Crippen LogP contribution in [0.4, 0.5) is 5.69 Å². The Morgan fingerprint density at radius 2 is 1.21 bits per heavy atom. The van der Waals surface area contributed by atoms with E-state index in [2.05, 4.69) is 48.5 Å². The summed E-state index contributed by atoms with van der Waals surface area (Å²) in [5.41, 5.74) is 12.9. The fraction of sp³-hybridized carbons (Fsp3) is 0. The van der Waals surface area contributed by atoms with E-state index in [1.807, 2.05) is 54.6 Å². The molecule has 0 bridgehead atoms. The molecule has 29 heavy (non-hydrogen) atoms. The van der Waals surface area contributed by atoms with Crippen LogP contribution in [0, 0.1) is 0 Å². The van der Waals surface area contributed by atoms with E-state index < -0.39 is 0 Å². The molecule has 0 saturated heterocycles. The predicted octanol–water partition coefficient (Wildman–Crippen LogP) is 6.21. The van der Waals surface area contributed by atoms with Crippen LogP contribution in [0.25, 0.3) is 44.7 Å². The molecule has 4 aromatic carbocycles. The van der Waals surface area contributed by atoms with Crippen molar-refractivity contribution in [1.82, 2.24) is 9.97 Å². The smallest absolute Gasteiger partial charge is 0.160 e. The Bertz CT molecular complexity index is 1290. The Kier molecular flexibility index (Phi) is 4.26. The summed E-state index contributed by atoms with van der Waals surface area (Å²) in [7, 11) is 0. The maximum atomic E-state index is 5.92. The van der Waals surface area contributed by atoms with E-state index in [0.717, 1.165) is 50.4 Å². The Morgan fingerprint density at radius 3 is 2.00 bits per heavy atom. The highest BCUT2D eigenvalue weighted by Crippen LogP contribution is 2.30. The predicted molar refractivity (Wildman–Crippen MR) is 120 cm³/mol. The number of aromatic nitrogens is 2. The van der Waals surface area contributed by atoms with Gasteiger partial charge in [0.05, 0.1) is 11.2 Å². The second kappa shape index (κ2) is 7.21. The zero-order valence-electron chi connectivity index (χ0n) is 15.8. The van der Waals surface area contributed by atoms with Crippen LogP contribution >= 0.6 is 0 Å². The minimum atomic E-state index is 0.724. The topological polar surface area (TPSA) is 51.8 Å². The number of hydrogen-bond donors (Lipinski definition) is 1. The van der Waals surface area contributed by atoms with Crippen molar-refractivity contribution in [2.75, 3.05) is 5.73 Å². The number of fused-ring (bicyclic) bond motifs is 1. The second-order valence-electron chi connectivity index (χ2n) is 6.98. The van der Waals surface area contributed by atoms with E-state index >= 15 is 0 Å². The average molecular weight is 373 g/mol. The Hall–Kier alpha value is -3.98. The van der Waals surface area contributed by atoms with Gasteiger partial charge in [0.2, 0.25) is 0 Å². The van der Waals surface area contributed by atoms with E-state index in [4.69, 9.17) is 15.7 Å². The fourth-order valence-corrected chi connectivity index (χ4v) is 3.55. The maximum Gasteiger partial charge on any atom is 0.160 e. The van der Waals surface area contributed by atoms with Crippen LogP contribution in [0.1, 0.15) is 0 Å². The minimum absolute atomic E-state index is 0.724. The first-order valence-corrected chi connectivity index (χ1v) is 9.56. The van der Waals surface area contributed by atoms with Gasteiger partial charge in [-0.15, -0.1) is 0 Å². The van der Waals surface area contributed by atoms with Crippen LogP contribution in [0.3, 0.4) is 0 Å². The number of nitrogens with two attached hydrogens (primary N) is 1. The Balaban J connectivity index is 1.62. The van der Waals surface area contributed by atoms with Gasteiger partial charge in [0.15, 0.2) is 5.82 Å². The van der Waals surface area contributed by atoms with Gasteiger partial charge in [0, 0.05) is 22.2 Å². The Morgan fingerprint density at radius 1 is 0.517 bits per heavy atom. The zero-order valence-corrected chi connectivity index (χ0v) is 15.8. The molecule has 0 aliphatic carbocycles. The van der Waals surface area contributed by atoms with E-state index in [-0.39, 0.29) is 0 Å². The number of hydrogen-bond acceptors (Lipinski definition) is 3. The fourth-order valence-electron chi connectivity index (χ4n) is 3.55. The normalized spacial score (nSPS) is 10.9. The molecule has 0 unspecified atom stereocenters. The lowest BCUT2D eigenvalue weighted by atomic mass is 10.0. The van der Waals surface area contributed by atoms with Crippen molar-refractivity contribution >= 4 is 16.6 Å². The van der Waals surface area contributed by atoms with Gasteiger partial charge < -0.3 is 5.73 Å². The second-order valence-corrected chi connectivity index (χ2v) is 6.98. The van der Waals surface area contributed by atoms with Crippen LogP contribution < -0.4 is 5.73 Å². The molecule has 0 spiro atoms. The first kappa shape index (κ1) is 17.1. The molecular formula is C26H19N3. The third kappa shape index (κ3) is 3.34. The van der Waals surface area contributed by atoms with Crippen LogP contribution in [0.15, 0.2) is 103 Å². The van der Waals surface area contributed by atoms with E-state index in [0.29, 0.717) is 0 Å². The van der Waals surface area contributed by atoms with Crippen LogP contribution in [0.5, 0.6) is 0 Å². The summed E-state index contributed by atoms with van der Waals surface area (Å²) in [5.74, 6) is 0.724. The molecule has 3 heteroatoms. The number of para-hydroxylation sites is 1. The molecule has 5 aromatic rings. The van der Waals surface area contributed by atoms with E-state index in [1.165, 1.54) is 0 Å². The molecule has 0 aliphatic rings. The highest BCUT2D eigenvalue weighted by atomic mass is 14.9. The van der Waals surface area contributed by atoms with E-state index in [1.54, 1.807) is 0 Å². The van der Waals surface area contributed by atoms with Crippen molar-refractivity contribution in [2.24, 2.45) is 0 Å². The van der Waals surface area contributed by atoms with Crippen LogP contribution in [-0.2, 0) is 0 Å². The molecular weight excluding hydrogens is 354 g/mol. The third-order valence-corrected chi connectivity index (χ3v) is 5.01. The summed E-state index contributed by atoms with van der Waals surface area (Å²) in [6.07, 6.45) is 0. The summed E-state index contributed by atoms with van der Waals surface area (Å²) >= 11 is 0. The lowest BCUT2D eigenvalue weighted by Gasteiger charge is -2.10. The maximum absolute atomic E-state index is 5.92. The summed E-state index contributed by atoms with van der Waals surface area (Å²) < 4.78 is 0. The first-order valence-electron chi connectivity index (χ1n) is 9.56. The average Bonchev–Trinajstić information content (AvgIpc) is 2.79. The van der Waals surface area contributed by atoms with Gasteiger partial charge in [-0.25, -0.2) is 9.97 Å². The molecule has 1 aromatic heterocycles. The lowest BCUT2D eigenvalue weighted by Crippen LogP contribution is -1.95. The lowest BCUT2D eigenvalue weighted by molar-refractivity contribution is 1.23. The summed E-state index contributed by atoms with van der Waals surface area (Å²) in [5, 5.41) is 1.05. The molecule has 2 N–H and O–H groups in total. The van der Waals surface area contributed by atoms with Gasteiger partial charge in [-0.3, -0.25) is 0 Å². The van der Waals surface area contributed by atoms with Crippen LogP contribution in [0.2, 0.25) is 0 Å². The van der Waals surface area contributed by atoms with Crippen LogP contribution in [-0.4, -0.2) is 9.97 Å². The summed E-state index contributed by atoms with van der Waals surface area (Å²) in [6.45, 7) is 0. The highest BCUT2D eigenvalue weighted by molar-refractivity contribution is 5.93. The first-order chi connectivity index (χ1) is 14.3. The van der Waals surface area contributed by atoms with Gasteiger partial charge in [-0.1, -0.05) is 84.9 Å². The SMILES string of the molecule is Nc1cccc(-c2ccc(-c3nc(-c4ccccc4)c4ccccc4n3)cc2)c1. The standard InChI is InChI=1S/C26H19N3/c27-22-10-6-9-21(17-22)18-13-15-20(16-14-18)26-28-24-12-5-4-11-23(24)25(29-26)19-7-2-1-3-8-19/h1-17H,27H2. The molecule has 0 aliphatic heterocycles. The van der Waals surface area contributed by atoms with Crippen molar-refractivity contribution < 1.29 is 0 Å². The van der Waals surface area contributed by atoms with Gasteiger partial charge in [0.1, 0.15) is 0 Å². The van der Waals surface area contributed by atoms with Crippen molar-refractivity contribution in [3.05, 3.63) is 103 Å². The number of benzene rings is 4. The highest BCUT2D eigenvalue weighted by Gasteiger charge is 2.11. The molecule has 0 fully saturated rings. The van der Waals surface area contributed by atoms with Gasteiger partial charge in [0.25, 0.3) is 0 Å². The number of nitrogen functional groups attached to an aromatic ring is 1. The molecule has 5 rings (SSSR count). The Labute approximate surface area is 169 Å².